The third-order valence-electron chi connectivity index (χ3n) is 14.8. The quantitative estimate of drug-likeness (QED) is 0.0261. The van der Waals surface area contributed by atoms with Crippen molar-refractivity contribution in [3.05, 3.63) is 109 Å². The number of carbonyl (C=O) groups excluding carboxylic acids is 3. The zero-order valence-corrected chi connectivity index (χ0v) is 53.3. The van der Waals surface area contributed by atoms with Gasteiger partial charge in [-0.05, 0) is 103 Å². The second kappa shape index (κ2) is 68.6. The standard InChI is InChI=1S/C75H128O6/c1-4-7-10-13-16-19-22-25-27-29-31-32-33-34-35-36-37-38-39-40-41-42-44-45-47-50-53-56-59-62-65-68-74(77)80-71-72(70-79-73(76)67-64-61-58-55-52-49-24-21-18-15-12-9-6-3)81-75(78)69-66-63-60-57-54-51-48-46-43-30-28-26-23-20-17-14-11-8-5-2/h7-8,10-11,16-17,19-20,25-28,31-32,43,46,51,54,72H,4-6,9,12-15,18,21-24,29-30,33-42,44-45,47-50,52-53,55-71H2,1-3H3/b10-7-,11-8-,19-16-,20-17-,27-25-,28-26-,32-31-,46-43-,54-51-. The van der Waals surface area contributed by atoms with Gasteiger partial charge in [0.1, 0.15) is 13.2 Å². The van der Waals surface area contributed by atoms with Gasteiger partial charge in [-0.25, -0.2) is 0 Å². The van der Waals surface area contributed by atoms with Crippen LogP contribution in [0.15, 0.2) is 109 Å². The van der Waals surface area contributed by atoms with Crippen molar-refractivity contribution >= 4 is 17.9 Å². The molecule has 0 rings (SSSR count). The molecule has 0 amide bonds. The van der Waals surface area contributed by atoms with E-state index in [4.69, 9.17) is 14.2 Å². The van der Waals surface area contributed by atoms with Gasteiger partial charge in [0.25, 0.3) is 0 Å². The molecule has 0 aromatic carbocycles. The molecule has 0 spiro atoms. The van der Waals surface area contributed by atoms with Crippen LogP contribution in [0.3, 0.4) is 0 Å². The van der Waals surface area contributed by atoms with E-state index in [1.54, 1.807) is 0 Å². The van der Waals surface area contributed by atoms with E-state index in [2.05, 4.69) is 130 Å². The van der Waals surface area contributed by atoms with E-state index < -0.39 is 6.10 Å². The summed E-state index contributed by atoms with van der Waals surface area (Å²) in [4.78, 5) is 38.4. The first kappa shape index (κ1) is 77.1. The maximum atomic E-state index is 12.9. The van der Waals surface area contributed by atoms with E-state index in [1.165, 1.54) is 167 Å². The molecule has 6 nitrogen and oxygen atoms in total. The third-order valence-corrected chi connectivity index (χ3v) is 14.8. The fourth-order valence-electron chi connectivity index (χ4n) is 9.70. The first-order valence-corrected chi connectivity index (χ1v) is 34.4. The molecule has 0 aliphatic rings. The predicted octanol–water partition coefficient (Wildman–Crippen LogP) is 23.8. The van der Waals surface area contributed by atoms with Crippen LogP contribution in [0, 0.1) is 0 Å². The van der Waals surface area contributed by atoms with Crippen molar-refractivity contribution in [2.45, 2.75) is 335 Å². The number of carbonyl (C=O) groups is 3. The Hall–Kier alpha value is -3.93. The Morgan fingerprint density at radius 2 is 0.481 bits per heavy atom. The van der Waals surface area contributed by atoms with E-state index in [0.29, 0.717) is 19.3 Å². The van der Waals surface area contributed by atoms with E-state index >= 15 is 0 Å². The Kier molecular flexibility index (Phi) is 65.2. The summed E-state index contributed by atoms with van der Waals surface area (Å²) in [7, 11) is 0. The highest BCUT2D eigenvalue weighted by Crippen LogP contribution is 2.17. The smallest absolute Gasteiger partial charge is 0.306 e. The number of allylic oxidation sites excluding steroid dienone is 18. The fraction of sp³-hybridized carbons (Fsp3) is 0.720. The molecule has 0 N–H and O–H groups in total. The number of unbranched alkanes of at least 4 members (excludes halogenated alkanes) is 33. The SMILES string of the molecule is CC/C=C\C/C=C\C/C=C\C/C=C\C/C=C\CCCCCC(=O)OC(COC(=O)CCCCCCCCCCCCCCC)COC(=O)CCCCCCCCCCCCCCCCCCCC/C=C\C/C=C\C/C=C\C/C=C\CC. The fourth-order valence-corrected chi connectivity index (χ4v) is 9.70. The number of esters is 3. The Labute approximate surface area is 501 Å². The first-order chi connectivity index (χ1) is 40.0. The minimum atomic E-state index is -0.795. The van der Waals surface area contributed by atoms with Gasteiger partial charge >= 0.3 is 17.9 Å². The molecule has 0 aromatic rings. The third kappa shape index (κ3) is 66.8. The Morgan fingerprint density at radius 3 is 0.765 bits per heavy atom. The lowest BCUT2D eigenvalue weighted by Gasteiger charge is -2.18. The summed E-state index contributed by atoms with van der Waals surface area (Å²) < 4.78 is 16.9. The van der Waals surface area contributed by atoms with Crippen LogP contribution in [0.2, 0.25) is 0 Å². The maximum absolute atomic E-state index is 12.9. The molecule has 0 bridgehead atoms. The minimum Gasteiger partial charge on any atom is -0.462 e. The molecule has 1 atom stereocenters. The highest BCUT2D eigenvalue weighted by atomic mass is 16.6. The molecule has 0 aliphatic carbocycles. The van der Waals surface area contributed by atoms with Gasteiger partial charge in [-0.3, -0.25) is 14.4 Å². The van der Waals surface area contributed by atoms with Crippen molar-refractivity contribution in [3.8, 4) is 0 Å². The van der Waals surface area contributed by atoms with Gasteiger partial charge in [0.05, 0.1) is 0 Å². The van der Waals surface area contributed by atoms with Crippen molar-refractivity contribution in [1.29, 1.82) is 0 Å². The van der Waals surface area contributed by atoms with Crippen molar-refractivity contribution in [3.63, 3.8) is 0 Å². The molecule has 0 aliphatic heterocycles. The van der Waals surface area contributed by atoms with E-state index in [-0.39, 0.29) is 31.1 Å². The molecular formula is C75H128O6. The van der Waals surface area contributed by atoms with Crippen LogP contribution in [0.4, 0.5) is 0 Å². The summed E-state index contributed by atoms with van der Waals surface area (Å²) in [6, 6.07) is 0. The zero-order chi connectivity index (χ0) is 58.5. The van der Waals surface area contributed by atoms with Crippen LogP contribution in [0.25, 0.3) is 0 Å². The van der Waals surface area contributed by atoms with Crippen LogP contribution in [0.1, 0.15) is 329 Å². The van der Waals surface area contributed by atoms with Gasteiger partial charge in [-0.15, -0.1) is 0 Å². The highest BCUT2D eigenvalue weighted by molar-refractivity contribution is 5.71. The first-order valence-electron chi connectivity index (χ1n) is 34.4. The van der Waals surface area contributed by atoms with Crippen LogP contribution in [-0.2, 0) is 28.6 Å². The summed E-state index contributed by atoms with van der Waals surface area (Å²) in [6.07, 6.45) is 94.0. The molecular weight excluding hydrogens is 997 g/mol. The Morgan fingerprint density at radius 1 is 0.259 bits per heavy atom. The molecule has 1 unspecified atom stereocenters. The number of hydrogen-bond acceptors (Lipinski definition) is 6. The lowest BCUT2D eigenvalue weighted by Crippen LogP contribution is -2.30. The molecule has 6 heteroatoms. The average molecular weight is 1130 g/mol. The van der Waals surface area contributed by atoms with Crippen LogP contribution in [-0.4, -0.2) is 37.2 Å². The molecule has 0 radical (unpaired) electrons. The van der Waals surface area contributed by atoms with Crippen LogP contribution in [0.5, 0.6) is 0 Å². The summed E-state index contributed by atoms with van der Waals surface area (Å²) in [5, 5.41) is 0. The maximum Gasteiger partial charge on any atom is 0.306 e. The molecule has 0 aromatic heterocycles. The topological polar surface area (TPSA) is 78.9 Å². The molecule has 0 saturated heterocycles. The minimum absolute atomic E-state index is 0.0876. The normalized spacial score (nSPS) is 12.8. The summed E-state index contributed by atoms with van der Waals surface area (Å²) >= 11 is 0. The monoisotopic (exact) mass is 1120 g/mol. The van der Waals surface area contributed by atoms with Gasteiger partial charge < -0.3 is 14.2 Å². The second-order valence-corrected chi connectivity index (χ2v) is 22.7. The number of hydrogen-bond donors (Lipinski definition) is 0. The molecule has 81 heavy (non-hydrogen) atoms. The number of ether oxygens (including phenoxy) is 3. The molecule has 464 valence electrons. The Balaban J connectivity index is 4.25. The molecule has 0 fully saturated rings. The summed E-state index contributed by atoms with van der Waals surface area (Å²) in [5.74, 6) is -0.906. The van der Waals surface area contributed by atoms with Gasteiger partial charge in [0, 0.05) is 19.3 Å². The predicted molar refractivity (Wildman–Crippen MR) is 353 cm³/mol. The second-order valence-electron chi connectivity index (χ2n) is 22.7. The number of rotatable bonds is 62. The van der Waals surface area contributed by atoms with Crippen LogP contribution >= 0.6 is 0 Å². The zero-order valence-electron chi connectivity index (χ0n) is 53.3. The van der Waals surface area contributed by atoms with E-state index in [1.807, 2.05) is 0 Å². The van der Waals surface area contributed by atoms with Crippen molar-refractivity contribution in [2.24, 2.45) is 0 Å². The van der Waals surface area contributed by atoms with Gasteiger partial charge in [-0.1, -0.05) is 316 Å². The van der Waals surface area contributed by atoms with Crippen LogP contribution < -0.4 is 0 Å². The lowest BCUT2D eigenvalue weighted by molar-refractivity contribution is -0.167. The highest BCUT2D eigenvalue weighted by Gasteiger charge is 2.19. The van der Waals surface area contributed by atoms with Gasteiger partial charge in [0.15, 0.2) is 6.10 Å². The summed E-state index contributed by atoms with van der Waals surface area (Å²) in [5.41, 5.74) is 0. The average Bonchev–Trinajstić information content (AvgIpc) is 3.46. The molecule has 0 heterocycles. The van der Waals surface area contributed by atoms with Crippen molar-refractivity contribution in [1.82, 2.24) is 0 Å². The molecule has 0 saturated carbocycles. The summed E-state index contributed by atoms with van der Waals surface area (Å²) in [6.45, 7) is 6.42. The Bertz CT molecular complexity index is 1620. The van der Waals surface area contributed by atoms with E-state index in [9.17, 15) is 14.4 Å². The van der Waals surface area contributed by atoms with Gasteiger partial charge in [-0.2, -0.15) is 0 Å². The van der Waals surface area contributed by atoms with Crippen molar-refractivity contribution in [2.75, 3.05) is 13.2 Å². The van der Waals surface area contributed by atoms with E-state index in [0.717, 1.165) is 122 Å². The largest absolute Gasteiger partial charge is 0.462 e. The van der Waals surface area contributed by atoms with Crippen molar-refractivity contribution < 1.29 is 28.6 Å². The van der Waals surface area contributed by atoms with Gasteiger partial charge in [0.2, 0.25) is 0 Å². The lowest BCUT2D eigenvalue weighted by atomic mass is 10.0.